The van der Waals surface area contributed by atoms with Gasteiger partial charge in [-0.15, -0.1) is 0 Å². The molecule has 0 fully saturated rings. The molecule has 0 saturated carbocycles. The maximum Gasteiger partial charge on any atom is 0.277 e. The fourth-order valence-electron chi connectivity index (χ4n) is 1.67. The van der Waals surface area contributed by atoms with Gasteiger partial charge in [-0.3, -0.25) is 29.8 Å². The van der Waals surface area contributed by atoms with Crippen LogP contribution in [0.4, 0.5) is 15.8 Å². The molecule has 8 nitrogen and oxygen atoms in total. The highest BCUT2D eigenvalue weighted by atomic mass is 19.1. The lowest BCUT2D eigenvalue weighted by Gasteiger charge is -2.11. The van der Waals surface area contributed by atoms with Crippen molar-refractivity contribution in [3.8, 4) is 0 Å². The number of hydrogen-bond acceptors (Lipinski definition) is 6. The summed E-state index contributed by atoms with van der Waals surface area (Å²) in [5.41, 5.74) is -2.02. The predicted molar refractivity (Wildman–Crippen MR) is 73.4 cm³/mol. The highest BCUT2D eigenvalue weighted by Gasteiger charge is 2.32. The zero-order valence-corrected chi connectivity index (χ0v) is 11.8. The van der Waals surface area contributed by atoms with E-state index in [1.54, 1.807) is 6.92 Å². The molecule has 0 saturated heterocycles. The van der Waals surface area contributed by atoms with Crippen LogP contribution in [0.3, 0.4) is 0 Å². The van der Waals surface area contributed by atoms with E-state index in [1.165, 1.54) is 6.92 Å². The summed E-state index contributed by atoms with van der Waals surface area (Å²) < 4.78 is 13.9. The van der Waals surface area contributed by atoms with Gasteiger partial charge >= 0.3 is 0 Å². The van der Waals surface area contributed by atoms with Crippen molar-refractivity contribution >= 4 is 22.9 Å². The summed E-state index contributed by atoms with van der Waals surface area (Å²) in [7, 11) is 0. The molecule has 1 rings (SSSR count). The van der Waals surface area contributed by atoms with E-state index in [2.05, 4.69) is 0 Å². The smallest absolute Gasteiger partial charge is 0.277 e. The molecule has 0 radical (unpaired) electrons. The van der Waals surface area contributed by atoms with Gasteiger partial charge in [0.25, 0.3) is 11.4 Å². The van der Waals surface area contributed by atoms with Crippen molar-refractivity contribution in [3.05, 3.63) is 44.0 Å². The van der Waals surface area contributed by atoms with Crippen LogP contribution in [0, 0.1) is 26.1 Å². The van der Waals surface area contributed by atoms with Gasteiger partial charge in [0.05, 0.1) is 15.9 Å². The lowest BCUT2D eigenvalue weighted by Crippen LogP contribution is -2.30. The zero-order chi connectivity index (χ0) is 17.0. The number of nitro benzene ring substituents is 2. The second kappa shape index (κ2) is 6.83. The molecular weight excluding hydrogens is 299 g/mol. The van der Waals surface area contributed by atoms with Crippen LogP contribution in [0.25, 0.3) is 0 Å². The Bertz CT molecular complexity index is 613. The standard InChI is InChI=1S/C13H13FN2O6/c1-3-7(2)12(17)11(14)13(18)8-4-9(15(19)20)6-10(5-8)16(21)22/h4-7,11H,3H2,1-2H3. The largest absolute Gasteiger partial charge is 0.296 e. The third-order valence-corrected chi connectivity index (χ3v) is 3.19. The number of carbonyl (C=O) groups excluding carboxylic acids is 2. The summed E-state index contributed by atoms with van der Waals surface area (Å²) in [4.78, 5) is 43.1. The molecule has 0 aliphatic carbocycles. The second-order valence-electron chi connectivity index (χ2n) is 4.69. The Morgan fingerprint density at radius 3 is 1.95 bits per heavy atom. The fourth-order valence-corrected chi connectivity index (χ4v) is 1.67. The summed E-state index contributed by atoms with van der Waals surface area (Å²) in [6.45, 7) is 3.08. The van der Waals surface area contributed by atoms with Crippen LogP contribution >= 0.6 is 0 Å². The van der Waals surface area contributed by atoms with E-state index in [9.17, 15) is 34.2 Å². The van der Waals surface area contributed by atoms with E-state index < -0.39 is 50.4 Å². The Kier molecular flexibility index (Phi) is 5.39. The third kappa shape index (κ3) is 3.68. The van der Waals surface area contributed by atoms with Crippen LogP contribution in [0.1, 0.15) is 30.6 Å². The number of rotatable bonds is 7. The van der Waals surface area contributed by atoms with Crippen molar-refractivity contribution in [2.75, 3.05) is 0 Å². The first-order valence-electron chi connectivity index (χ1n) is 6.34. The first-order valence-corrected chi connectivity index (χ1v) is 6.34. The van der Waals surface area contributed by atoms with Gasteiger partial charge in [0.2, 0.25) is 12.0 Å². The predicted octanol–water partition coefficient (Wildman–Crippen LogP) is 2.64. The van der Waals surface area contributed by atoms with Crippen molar-refractivity contribution in [3.63, 3.8) is 0 Å². The van der Waals surface area contributed by atoms with E-state index in [0.29, 0.717) is 24.6 Å². The fraction of sp³-hybridized carbons (Fsp3) is 0.385. The monoisotopic (exact) mass is 312 g/mol. The first kappa shape index (κ1) is 17.3. The van der Waals surface area contributed by atoms with Gasteiger partial charge in [0, 0.05) is 23.6 Å². The third-order valence-electron chi connectivity index (χ3n) is 3.19. The average molecular weight is 312 g/mol. The summed E-state index contributed by atoms with van der Waals surface area (Å²) in [5, 5.41) is 21.4. The molecule has 0 bridgehead atoms. The zero-order valence-electron chi connectivity index (χ0n) is 11.8. The molecule has 1 aromatic carbocycles. The normalized spacial score (nSPS) is 13.2. The molecule has 0 heterocycles. The molecule has 9 heteroatoms. The molecule has 2 unspecified atom stereocenters. The molecule has 0 amide bonds. The molecule has 0 aliphatic heterocycles. The van der Waals surface area contributed by atoms with E-state index in [0.717, 1.165) is 0 Å². The van der Waals surface area contributed by atoms with Crippen molar-refractivity contribution in [1.82, 2.24) is 0 Å². The Labute approximate surface area is 124 Å². The number of hydrogen-bond donors (Lipinski definition) is 0. The minimum atomic E-state index is -2.50. The van der Waals surface area contributed by atoms with Crippen molar-refractivity contribution in [2.24, 2.45) is 5.92 Å². The number of non-ortho nitro benzene ring substituents is 2. The first-order chi connectivity index (χ1) is 10.2. The minimum absolute atomic E-state index is 0.321. The number of ketones is 2. The number of benzene rings is 1. The molecule has 1 aromatic rings. The number of nitro groups is 2. The lowest BCUT2D eigenvalue weighted by molar-refractivity contribution is -0.394. The van der Waals surface area contributed by atoms with Gasteiger partial charge in [-0.25, -0.2) is 4.39 Å². The van der Waals surface area contributed by atoms with Gasteiger partial charge in [-0.05, 0) is 6.42 Å². The Hall–Kier alpha value is -2.71. The van der Waals surface area contributed by atoms with Crippen LogP contribution in [-0.2, 0) is 4.79 Å². The van der Waals surface area contributed by atoms with Crippen LogP contribution in [0.15, 0.2) is 18.2 Å². The number of alkyl halides is 1. The maximum absolute atomic E-state index is 13.9. The number of halogens is 1. The lowest BCUT2D eigenvalue weighted by atomic mass is 9.95. The molecular formula is C13H13FN2O6. The summed E-state index contributed by atoms with van der Waals surface area (Å²) in [6, 6.07) is 2.08. The summed E-state index contributed by atoms with van der Waals surface area (Å²) in [5.74, 6) is -2.98. The van der Waals surface area contributed by atoms with Crippen LogP contribution < -0.4 is 0 Å². The highest BCUT2D eigenvalue weighted by molar-refractivity contribution is 6.14. The van der Waals surface area contributed by atoms with Crippen molar-refractivity contribution in [2.45, 2.75) is 26.4 Å². The van der Waals surface area contributed by atoms with E-state index >= 15 is 0 Å². The van der Waals surface area contributed by atoms with Crippen molar-refractivity contribution in [1.29, 1.82) is 0 Å². The topological polar surface area (TPSA) is 120 Å². The van der Waals surface area contributed by atoms with E-state index in [1.807, 2.05) is 0 Å². The quantitative estimate of drug-likeness (QED) is 0.330. The van der Waals surface area contributed by atoms with Gasteiger partial charge in [-0.2, -0.15) is 0 Å². The molecule has 0 aliphatic rings. The van der Waals surface area contributed by atoms with Crippen LogP contribution in [-0.4, -0.2) is 27.6 Å². The Morgan fingerprint density at radius 2 is 1.59 bits per heavy atom. The Morgan fingerprint density at radius 1 is 1.14 bits per heavy atom. The summed E-state index contributed by atoms with van der Waals surface area (Å²) >= 11 is 0. The van der Waals surface area contributed by atoms with E-state index in [4.69, 9.17) is 0 Å². The SMILES string of the molecule is CCC(C)C(=O)C(F)C(=O)c1cc([N+](=O)[O-])cc([N+](=O)[O-])c1. The summed E-state index contributed by atoms with van der Waals surface area (Å²) in [6.07, 6.45) is -2.18. The highest BCUT2D eigenvalue weighted by Crippen LogP contribution is 2.24. The number of carbonyl (C=O) groups is 2. The average Bonchev–Trinajstić information content (AvgIpc) is 2.51. The molecule has 0 spiro atoms. The van der Waals surface area contributed by atoms with Gasteiger partial charge < -0.3 is 0 Å². The van der Waals surface area contributed by atoms with Gasteiger partial charge in [0.1, 0.15) is 0 Å². The minimum Gasteiger partial charge on any atom is -0.296 e. The molecule has 0 aromatic heterocycles. The van der Waals surface area contributed by atoms with Crippen LogP contribution in [0.5, 0.6) is 0 Å². The van der Waals surface area contributed by atoms with E-state index in [-0.39, 0.29) is 0 Å². The molecule has 2 atom stereocenters. The van der Waals surface area contributed by atoms with Gasteiger partial charge in [-0.1, -0.05) is 13.8 Å². The van der Waals surface area contributed by atoms with Crippen LogP contribution in [0.2, 0.25) is 0 Å². The maximum atomic E-state index is 13.9. The molecule has 118 valence electrons. The Balaban J connectivity index is 3.25. The van der Waals surface area contributed by atoms with Gasteiger partial charge in [0.15, 0.2) is 5.78 Å². The second-order valence-corrected chi connectivity index (χ2v) is 4.69. The molecule has 0 N–H and O–H groups in total. The number of nitrogens with zero attached hydrogens (tertiary/aromatic N) is 2. The molecule has 22 heavy (non-hydrogen) atoms. The number of Topliss-reactive ketones (excluding diaryl/α,β-unsaturated/α-hetero) is 2. The van der Waals surface area contributed by atoms with Crippen molar-refractivity contribution < 1.29 is 23.8 Å².